The molecule has 3 rings (SSSR count). The Labute approximate surface area is 91.8 Å². The first-order valence-electron chi connectivity index (χ1n) is 4.90. The van der Waals surface area contributed by atoms with Crippen molar-refractivity contribution in [3.8, 4) is 0 Å². The molecule has 1 aromatic carbocycles. The lowest BCUT2D eigenvalue weighted by Gasteiger charge is -2.02. The first-order chi connectivity index (χ1) is 7.93. The fourth-order valence-corrected chi connectivity index (χ4v) is 1.49. The number of aromatic nitrogens is 4. The summed E-state index contributed by atoms with van der Waals surface area (Å²) >= 11 is 0. The van der Waals surface area contributed by atoms with E-state index in [1.807, 2.05) is 40.9 Å². The Bertz CT molecular complexity index is 602. The molecule has 1 N–H and O–H groups in total. The summed E-state index contributed by atoms with van der Waals surface area (Å²) in [5.41, 5.74) is 1.70. The van der Waals surface area contributed by atoms with Gasteiger partial charge in [0.15, 0.2) is 5.65 Å². The molecule has 0 atom stereocenters. The predicted molar refractivity (Wildman–Crippen MR) is 60.5 cm³/mol. The third kappa shape index (κ3) is 1.48. The maximum absolute atomic E-state index is 4.05. The zero-order valence-corrected chi connectivity index (χ0v) is 8.41. The minimum Gasteiger partial charge on any atom is -0.324 e. The summed E-state index contributed by atoms with van der Waals surface area (Å²) < 4.78 is 1.85. The van der Waals surface area contributed by atoms with Crippen LogP contribution in [0, 0.1) is 0 Å². The van der Waals surface area contributed by atoms with Gasteiger partial charge < -0.3 is 5.32 Å². The average molecular weight is 211 g/mol. The molecular weight excluding hydrogens is 202 g/mol. The first kappa shape index (κ1) is 8.84. The van der Waals surface area contributed by atoms with Gasteiger partial charge in [-0.05, 0) is 12.1 Å². The van der Waals surface area contributed by atoms with E-state index in [1.54, 1.807) is 12.4 Å². The van der Waals surface area contributed by atoms with Crippen LogP contribution in [-0.2, 0) is 0 Å². The number of hydrogen-bond acceptors (Lipinski definition) is 4. The molecule has 0 unspecified atom stereocenters. The van der Waals surface area contributed by atoms with E-state index in [9.17, 15) is 0 Å². The van der Waals surface area contributed by atoms with E-state index in [-0.39, 0.29) is 0 Å². The van der Waals surface area contributed by atoms with E-state index in [2.05, 4.69) is 20.5 Å². The van der Waals surface area contributed by atoms with Gasteiger partial charge >= 0.3 is 0 Å². The number of nitrogens with one attached hydrogen (secondary N) is 1. The fourth-order valence-electron chi connectivity index (χ4n) is 1.49. The van der Waals surface area contributed by atoms with Crippen molar-refractivity contribution >= 4 is 17.3 Å². The Kier molecular flexibility index (Phi) is 2.00. The first-order valence-corrected chi connectivity index (χ1v) is 4.90. The van der Waals surface area contributed by atoms with Crippen molar-refractivity contribution in [2.24, 2.45) is 0 Å². The number of rotatable bonds is 2. The molecule has 0 aliphatic heterocycles. The molecule has 0 saturated heterocycles. The van der Waals surface area contributed by atoms with Crippen LogP contribution in [0.5, 0.6) is 0 Å². The van der Waals surface area contributed by atoms with Gasteiger partial charge in [-0.15, -0.1) is 10.2 Å². The maximum Gasteiger partial charge on any atom is 0.233 e. The molecule has 0 fully saturated rings. The normalized spacial score (nSPS) is 10.5. The van der Waals surface area contributed by atoms with Crippen LogP contribution in [0.3, 0.4) is 0 Å². The maximum atomic E-state index is 4.05. The summed E-state index contributed by atoms with van der Waals surface area (Å²) in [5.74, 6) is 0.684. The van der Waals surface area contributed by atoms with E-state index in [0.717, 1.165) is 11.3 Å². The second-order valence-corrected chi connectivity index (χ2v) is 3.32. The summed E-state index contributed by atoms with van der Waals surface area (Å²) in [6, 6.07) is 9.85. The Balaban J connectivity index is 2.01. The highest BCUT2D eigenvalue weighted by molar-refractivity contribution is 5.55. The van der Waals surface area contributed by atoms with Gasteiger partial charge in [0.25, 0.3) is 0 Å². The highest BCUT2D eigenvalue weighted by Gasteiger charge is 2.03. The lowest BCUT2D eigenvalue weighted by atomic mass is 10.3. The Hall–Kier alpha value is -2.43. The fraction of sp³-hybridized carbons (Fsp3) is 0. The van der Waals surface area contributed by atoms with Crippen LogP contribution in [0.1, 0.15) is 0 Å². The zero-order valence-electron chi connectivity index (χ0n) is 8.41. The molecule has 0 saturated carbocycles. The SMILES string of the molecule is c1ccc(Nc2nnc3cnccn23)cc1. The molecule has 78 valence electrons. The molecule has 0 bridgehead atoms. The van der Waals surface area contributed by atoms with E-state index in [0.29, 0.717) is 5.95 Å². The van der Waals surface area contributed by atoms with E-state index in [4.69, 9.17) is 0 Å². The van der Waals surface area contributed by atoms with Crippen LogP contribution in [0.4, 0.5) is 11.6 Å². The molecule has 2 aromatic heterocycles. The molecule has 0 aliphatic carbocycles. The molecule has 0 amide bonds. The Morgan fingerprint density at radius 2 is 1.94 bits per heavy atom. The molecule has 0 spiro atoms. The second-order valence-electron chi connectivity index (χ2n) is 3.32. The second kappa shape index (κ2) is 3.62. The summed E-state index contributed by atoms with van der Waals surface area (Å²) in [5, 5.41) is 11.2. The lowest BCUT2D eigenvalue weighted by molar-refractivity contribution is 1.10. The molecular formula is C11H9N5. The summed E-state index contributed by atoms with van der Waals surface area (Å²) in [6.45, 7) is 0. The highest BCUT2D eigenvalue weighted by atomic mass is 15.3. The van der Waals surface area contributed by atoms with Gasteiger partial charge in [0.05, 0.1) is 6.20 Å². The molecule has 5 heteroatoms. The third-order valence-corrected chi connectivity index (χ3v) is 2.24. The van der Waals surface area contributed by atoms with E-state index >= 15 is 0 Å². The average Bonchev–Trinajstić information content (AvgIpc) is 2.74. The van der Waals surface area contributed by atoms with Crippen molar-refractivity contribution < 1.29 is 0 Å². The van der Waals surface area contributed by atoms with Gasteiger partial charge in [-0.2, -0.15) is 0 Å². The molecule has 0 radical (unpaired) electrons. The van der Waals surface area contributed by atoms with Gasteiger partial charge in [-0.1, -0.05) is 18.2 Å². The minimum atomic E-state index is 0.684. The van der Waals surface area contributed by atoms with Crippen LogP contribution in [-0.4, -0.2) is 19.6 Å². The van der Waals surface area contributed by atoms with E-state index < -0.39 is 0 Å². The van der Waals surface area contributed by atoms with Gasteiger partial charge in [0, 0.05) is 18.1 Å². The molecule has 0 aliphatic rings. The monoisotopic (exact) mass is 211 g/mol. The predicted octanol–water partition coefficient (Wildman–Crippen LogP) is 1.87. The topological polar surface area (TPSA) is 55.1 Å². The summed E-state index contributed by atoms with van der Waals surface area (Å²) in [7, 11) is 0. The zero-order chi connectivity index (χ0) is 10.8. The van der Waals surface area contributed by atoms with Gasteiger partial charge in [-0.25, -0.2) is 0 Å². The number of anilines is 2. The van der Waals surface area contributed by atoms with Crippen molar-refractivity contribution in [2.45, 2.75) is 0 Å². The van der Waals surface area contributed by atoms with Crippen molar-refractivity contribution in [3.63, 3.8) is 0 Å². The Morgan fingerprint density at radius 1 is 1.06 bits per heavy atom. The quantitative estimate of drug-likeness (QED) is 0.703. The van der Waals surface area contributed by atoms with Gasteiger partial charge in [0.2, 0.25) is 5.95 Å². The minimum absolute atomic E-state index is 0.684. The van der Waals surface area contributed by atoms with Crippen LogP contribution >= 0.6 is 0 Å². The van der Waals surface area contributed by atoms with Crippen LogP contribution in [0.15, 0.2) is 48.9 Å². The number of fused-ring (bicyclic) bond motifs is 1. The number of para-hydroxylation sites is 1. The van der Waals surface area contributed by atoms with Crippen molar-refractivity contribution in [1.29, 1.82) is 0 Å². The number of hydrogen-bond donors (Lipinski definition) is 1. The molecule has 16 heavy (non-hydrogen) atoms. The van der Waals surface area contributed by atoms with E-state index in [1.165, 1.54) is 0 Å². The summed E-state index contributed by atoms with van der Waals surface area (Å²) in [4.78, 5) is 3.98. The largest absolute Gasteiger partial charge is 0.324 e. The van der Waals surface area contributed by atoms with Gasteiger partial charge in [0.1, 0.15) is 0 Å². The smallest absolute Gasteiger partial charge is 0.233 e. The van der Waals surface area contributed by atoms with Crippen molar-refractivity contribution in [1.82, 2.24) is 19.6 Å². The van der Waals surface area contributed by atoms with Crippen LogP contribution < -0.4 is 5.32 Å². The third-order valence-electron chi connectivity index (χ3n) is 2.24. The van der Waals surface area contributed by atoms with Crippen LogP contribution in [0.25, 0.3) is 5.65 Å². The lowest BCUT2D eigenvalue weighted by Crippen LogP contribution is -1.96. The van der Waals surface area contributed by atoms with Crippen LogP contribution in [0.2, 0.25) is 0 Å². The van der Waals surface area contributed by atoms with Crippen molar-refractivity contribution in [2.75, 3.05) is 5.32 Å². The van der Waals surface area contributed by atoms with Crippen molar-refractivity contribution in [3.05, 3.63) is 48.9 Å². The molecule has 2 heterocycles. The highest BCUT2D eigenvalue weighted by Crippen LogP contribution is 2.14. The molecule has 5 nitrogen and oxygen atoms in total. The summed E-state index contributed by atoms with van der Waals surface area (Å²) in [6.07, 6.45) is 5.19. The molecule has 3 aromatic rings. The van der Waals surface area contributed by atoms with Gasteiger partial charge in [-0.3, -0.25) is 9.38 Å². The Morgan fingerprint density at radius 3 is 2.81 bits per heavy atom. The number of benzene rings is 1. The standard InChI is InChI=1S/C11H9N5/c1-2-4-9(5-3-1)13-11-15-14-10-8-12-6-7-16(10)11/h1-8H,(H,13,15). The number of nitrogens with zero attached hydrogens (tertiary/aromatic N) is 4.